The number of piperidine rings is 1. The van der Waals surface area contributed by atoms with E-state index in [-0.39, 0.29) is 23.3 Å². The standard InChI is InChI=1S/C28H42N2O7/c1-18(2)30(17-19-10-12-29(13-11-19)27(33)37-28(3,4)5)20-14-22(15-20)36-21-8-9-23(25(31)34-6)24(16-21)26(32)35-7/h8-9,16,18-20,22H,10-15,17H2,1-7H3/t20-,22-. The lowest BCUT2D eigenvalue weighted by Crippen LogP contribution is -2.54. The molecule has 0 spiro atoms. The second-order valence-electron chi connectivity index (χ2n) is 11.3. The minimum atomic E-state index is -0.610. The van der Waals surface area contributed by atoms with Gasteiger partial charge in [-0.2, -0.15) is 0 Å². The van der Waals surface area contributed by atoms with Crippen molar-refractivity contribution in [3.63, 3.8) is 0 Å². The molecule has 0 unspecified atom stereocenters. The molecule has 0 aromatic heterocycles. The third-order valence-electron chi connectivity index (χ3n) is 7.04. The summed E-state index contributed by atoms with van der Waals surface area (Å²) in [7, 11) is 2.54. The Morgan fingerprint density at radius 1 is 1.00 bits per heavy atom. The van der Waals surface area contributed by atoms with Gasteiger partial charge in [0.2, 0.25) is 0 Å². The second kappa shape index (κ2) is 12.2. The van der Waals surface area contributed by atoms with Crippen molar-refractivity contribution in [1.29, 1.82) is 0 Å². The average molecular weight is 519 g/mol. The number of carbonyl (C=O) groups is 3. The molecule has 1 aliphatic carbocycles. The van der Waals surface area contributed by atoms with Gasteiger partial charge in [0.25, 0.3) is 0 Å². The fourth-order valence-electron chi connectivity index (χ4n) is 4.97. The maximum Gasteiger partial charge on any atom is 0.410 e. The summed E-state index contributed by atoms with van der Waals surface area (Å²) in [5.41, 5.74) is -0.198. The maximum absolute atomic E-state index is 12.4. The van der Waals surface area contributed by atoms with E-state index >= 15 is 0 Å². The van der Waals surface area contributed by atoms with E-state index in [1.165, 1.54) is 20.3 Å². The minimum absolute atomic E-state index is 0.0368. The SMILES string of the molecule is COC(=O)c1ccc(O[C@H]2C[C@H](N(CC3CCN(C(=O)OC(C)(C)C)CC3)C(C)C)C2)cc1C(=O)OC. The second-order valence-corrected chi connectivity index (χ2v) is 11.3. The molecule has 3 rings (SSSR count). The first-order valence-corrected chi connectivity index (χ1v) is 13.1. The summed E-state index contributed by atoms with van der Waals surface area (Å²) in [4.78, 5) is 40.9. The van der Waals surface area contributed by atoms with Gasteiger partial charge < -0.3 is 23.8 Å². The zero-order valence-corrected chi connectivity index (χ0v) is 23.2. The molecule has 0 N–H and O–H groups in total. The molecule has 0 radical (unpaired) electrons. The molecule has 2 aliphatic rings. The summed E-state index contributed by atoms with van der Waals surface area (Å²) < 4.78 is 21.3. The maximum atomic E-state index is 12.4. The average Bonchev–Trinajstić information content (AvgIpc) is 2.82. The van der Waals surface area contributed by atoms with Crippen LogP contribution >= 0.6 is 0 Å². The van der Waals surface area contributed by atoms with Gasteiger partial charge in [-0.05, 0) is 71.6 Å². The number of ether oxygens (including phenoxy) is 4. The van der Waals surface area contributed by atoms with Crippen LogP contribution in [0.3, 0.4) is 0 Å². The smallest absolute Gasteiger partial charge is 0.410 e. The Kier molecular flexibility index (Phi) is 9.45. The molecule has 0 atom stereocenters. The first-order chi connectivity index (χ1) is 17.4. The van der Waals surface area contributed by atoms with E-state index in [2.05, 4.69) is 18.7 Å². The highest BCUT2D eigenvalue weighted by Gasteiger charge is 2.38. The van der Waals surface area contributed by atoms with Crippen molar-refractivity contribution in [3.05, 3.63) is 29.3 Å². The lowest BCUT2D eigenvalue weighted by atomic mass is 9.85. The molecule has 1 saturated heterocycles. The van der Waals surface area contributed by atoms with Gasteiger partial charge in [0, 0.05) is 44.6 Å². The van der Waals surface area contributed by atoms with Crippen LogP contribution in [0.5, 0.6) is 5.75 Å². The predicted octanol–water partition coefficient (Wildman–Crippen LogP) is 4.53. The van der Waals surface area contributed by atoms with Gasteiger partial charge in [-0.15, -0.1) is 0 Å². The van der Waals surface area contributed by atoms with E-state index in [4.69, 9.17) is 18.9 Å². The van der Waals surface area contributed by atoms with E-state index < -0.39 is 17.5 Å². The number of amides is 1. The van der Waals surface area contributed by atoms with Crippen LogP contribution in [0.4, 0.5) is 4.79 Å². The van der Waals surface area contributed by atoms with Gasteiger partial charge in [0.05, 0.1) is 25.3 Å². The fourth-order valence-corrected chi connectivity index (χ4v) is 4.97. The lowest BCUT2D eigenvalue weighted by molar-refractivity contribution is -0.0134. The highest BCUT2D eigenvalue weighted by molar-refractivity contribution is 6.03. The number of likely N-dealkylation sites (tertiary alicyclic amines) is 1. The molecule has 9 heteroatoms. The normalized spacial score (nSPS) is 20.4. The van der Waals surface area contributed by atoms with E-state index in [9.17, 15) is 14.4 Å². The van der Waals surface area contributed by atoms with Gasteiger partial charge in [0.15, 0.2) is 0 Å². The molecule has 37 heavy (non-hydrogen) atoms. The molecule has 0 bridgehead atoms. The van der Waals surface area contributed by atoms with Gasteiger partial charge in [-0.1, -0.05) is 0 Å². The van der Waals surface area contributed by atoms with Crippen LogP contribution in [0, 0.1) is 5.92 Å². The first kappa shape index (κ1) is 28.8. The summed E-state index contributed by atoms with van der Waals surface area (Å²) in [6.07, 6.45) is 3.54. The Morgan fingerprint density at radius 3 is 2.14 bits per heavy atom. The van der Waals surface area contributed by atoms with Crippen LogP contribution in [0.15, 0.2) is 18.2 Å². The van der Waals surface area contributed by atoms with Crippen molar-refractivity contribution in [2.24, 2.45) is 5.92 Å². The third-order valence-corrected chi connectivity index (χ3v) is 7.04. The van der Waals surface area contributed by atoms with Crippen molar-refractivity contribution in [3.8, 4) is 5.75 Å². The molecular weight excluding hydrogens is 476 g/mol. The summed E-state index contributed by atoms with van der Waals surface area (Å²) in [5, 5.41) is 0. The van der Waals surface area contributed by atoms with Crippen molar-refractivity contribution in [1.82, 2.24) is 9.80 Å². The molecule has 1 heterocycles. The molecule has 1 saturated carbocycles. The number of nitrogens with zero attached hydrogens (tertiary/aromatic N) is 2. The van der Waals surface area contributed by atoms with Crippen LogP contribution in [-0.4, -0.2) is 85.5 Å². The van der Waals surface area contributed by atoms with E-state index in [1.807, 2.05) is 25.7 Å². The summed E-state index contributed by atoms with van der Waals surface area (Å²) in [5.74, 6) is -0.141. The molecular formula is C28H42N2O7. The van der Waals surface area contributed by atoms with Gasteiger partial charge in [0.1, 0.15) is 17.5 Å². The largest absolute Gasteiger partial charge is 0.490 e. The monoisotopic (exact) mass is 518 g/mol. The number of benzene rings is 1. The fraction of sp³-hybridized carbons (Fsp3) is 0.679. The van der Waals surface area contributed by atoms with E-state index in [0.717, 1.165) is 45.3 Å². The Labute approximate surface area is 220 Å². The van der Waals surface area contributed by atoms with Crippen LogP contribution in [0.1, 0.15) is 81.0 Å². The van der Waals surface area contributed by atoms with Gasteiger partial charge in [-0.3, -0.25) is 4.90 Å². The molecule has 1 aromatic carbocycles. The zero-order chi connectivity index (χ0) is 27.3. The summed E-state index contributed by atoms with van der Waals surface area (Å²) >= 11 is 0. The molecule has 1 aliphatic heterocycles. The zero-order valence-electron chi connectivity index (χ0n) is 23.2. The van der Waals surface area contributed by atoms with Crippen LogP contribution in [0.2, 0.25) is 0 Å². The molecule has 1 aromatic rings. The number of methoxy groups -OCH3 is 2. The first-order valence-electron chi connectivity index (χ1n) is 13.1. The van der Waals surface area contributed by atoms with Crippen LogP contribution in [-0.2, 0) is 14.2 Å². The highest BCUT2D eigenvalue weighted by Crippen LogP contribution is 2.33. The predicted molar refractivity (Wildman–Crippen MR) is 139 cm³/mol. The lowest BCUT2D eigenvalue weighted by Gasteiger charge is -2.46. The highest BCUT2D eigenvalue weighted by atomic mass is 16.6. The van der Waals surface area contributed by atoms with E-state index in [0.29, 0.717) is 23.8 Å². The Bertz CT molecular complexity index is 958. The third kappa shape index (κ3) is 7.60. The van der Waals surface area contributed by atoms with E-state index in [1.54, 1.807) is 12.1 Å². The number of rotatable bonds is 8. The Morgan fingerprint density at radius 2 is 1.59 bits per heavy atom. The number of hydrogen-bond donors (Lipinski definition) is 0. The molecule has 1 amide bonds. The Balaban J connectivity index is 1.52. The van der Waals surface area contributed by atoms with Gasteiger partial charge in [-0.25, -0.2) is 14.4 Å². The van der Waals surface area contributed by atoms with Crippen molar-refractivity contribution >= 4 is 18.0 Å². The summed E-state index contributed by atoms with van der Waals surface area (Å²) in [6, 6.07) is 5.59. The number of hydrogen-bond acceptors (Lipinski definition) is 8. The van der Waals surface area contributed by atoms with Crippen molar-refractivity contribution < 1.29 is 33.3 Å². The molecule has 9 nitrogen and oxygen atoms in total. The van der Waals surface area contributed by atoms with Crippen LogP contribution < -0.4 is 4.74 Å². The van der Waals surface area contributed by atoms with Crippen LogP contribution in [0.25, 0.3) is 0 Å². The molecule has 2 fully saturated rings. The van der Waals surface area contributed by atoms with Crippen molar-refractivity contribution in [2.75, 3.05) is 33.9 Å². The summed E-state index contributed by atoms with van der Waals surface area (Å²) in [6.45, 7) is 12.6. The topological polar surface area (TPSA) is 94.6 Å². The Hall–Kier alpha value is -2.81. The minimum Gasteiger partial charge on any atom is -0.490 e. The van der Waals surface area contributed by atoms with Crippen molar-refractivity contribution in [2.45, 2.75) is 84.1 Å². The number of esters is 2. The quantitative estimate of drug-likeness (QED) is 0.366. The number of carbonyl (C=O) groups excluding carboxylic acids is 3. The molecule has 206 valence electrons. The van der Waals surface area contributed by atoms with Gasteiger partial charge >= 0.3 is 18.0 Å².